The highest BCUT2D eigenvalue weighted by Gasteiger charge is 2.68. The highest BCUT2D eigenvalue weighted by atomic mass is 16.6. The molecule has 9 atom stereocenters. The first-order chi connectivity index (χ1) is 27.2. The van der Waals surface area contributed by atoms with Gasteiger partial charge in [0.1, 0.15) is 23.4 Å². The summed E-state index contributed by atoms with van der Waals surface area (Å²) in [6.07, 6.45) is 10.3. The van der Waals surface area contributed by atoms with Crippen LogP contribution in [0.1, 0.15) is 239 Å². The molecule has 11 fully saturated rings. The van der Waals surface area contributed by atoms with Crippen molar-refractivity contribution in [2.45, 2.75) is 273 Å². The fourth-order valence-corrected chi connectivity index (χ4v) is 16.6. The molecule has 11 rings (SSSR count). The molecule has 402 valence electrons. The summed E-state index contributed by atoms with van der Waals surface area (Å²) < 4.78 is 25.7. The van der Waals surface area contributed by atoms with Crippen LogP contribution in [0.25, 0.3) is 0 Å². The number of hydrogen-bond donors (Lipinski definition) is 2. The Balaban J connectivity index is 0.00000499. The molecule has 0 radical (unpaired) electrons. The summed E-state index contributed by atoms with van der Waals surface area (Å²) in [6, 6.07) is 0. The van der Waals surface area contributed by atoms with Crippen molar-refractivity contribution in [1.29, 1.82) is 0 Å². The van der Waals surface area contributed by atoms with E-state index in [0.717, 1.165) is 32.1 Å². The zero-order chi connectivity index (χ0) is 42.7. The van der Waals surface area contributed by atoms with Gasteiger partial charge in [0.2, 0.25) is 0 Å². The molecule has 10 nitrogen and oxygen atoms in total. The minimum Gasteiger partial charge on any atom is -0.458 e. The summed E-state index contributed by atoms with van der Waals surface area (Å²) >= 11 is 0. The molecule has 1 saturated heterocycles. The number of hydrogen-bond acceptors (Lipinski definition) is 10. The van der Waals surface area contributed by atoms with Gasteiger partial charge >= 0.3 is 23.9 Å². The lowest BCUT2D eigenvalue weighted by Gasteiger charge is -2.62. The minimum atomic E-state index is -1.16. The van der Waals surface area contributed by atoms with Crippen molar-refractivity contribution >= 4 is 23.9 Å². The van der Waals surface area contributed by atoms with Gasteiger partial charge in [-0.15, -0.1) is 0 Å². The number of esters is 4. The highest BCUT2D eigenvalue weighted by Crippen LogP contribution is 2.64. The first-order valence-corrected chi connectivity index (χ1v) is 23.5. The molecule has 0 spiro atoms. The van der Waals surface area contributed by atoms with Gasteiger partial charge in [0.25, 0.3) is 0 Å². The Kier molecular flexibility index (Phi) is 19.7. The van der Waals surface area contributed by atoms with Crippen LogP contribution < -0.4 is 0 Å². The van der Waals surface area contributed by atoms with Crippen LogP contribution in [0.3, 0.4) is 0 Å². The van der Waals surface area contributed by atoms with Gasteiger partial charge in [-0.25, -0.2) is 0 Å². The Hall–Kier alpha value is -2.20. The lowest BCUT2D eigenvalue weighted by Crippen LogP contribution is -2.67. The van der Waals surface area contributed by atoms with Gasteiger partial charge in [-0.1, -0.05) is 101 Å². The number of fused-ring (bicyclic) bond motifs is 1. The van der Waals surface area contributed by atoms with E-state index in [4.69, 9.17) is 18.9 Å². The van der Waals surface area contributed by atoms with Crippen LogP contribution in [0, 0.1) is 74.4 Å². The summed E-state index contributed by atoms with van der Waals surface area (Å²) in [7, 11) is 0. The maximum atomic E-state index is 15.5. The summed E-state index contributed by atoms with van der Waals surface area (Å²) in [6.45, 7) is 20.2. The number of carbonyl (C=O) groups excluding carboxylic acids is 4. The zero-order valence-electron chi connectivity index (χ0n) is 37.7. The van der Waals surface area contributed by atoms with E-state index in [1.54, 1.807) is 0 Å². The van der Waals surface area contributed by atoms with Gasteiger partial charge in [0, 0.05) is 31.1 Å². The molecule has 1 heterocycles. The van der Waals surface area contributed by atoms with Crippen LogP contribution in [0.5, 0.6) is 0 Å². The van der Waals surface area contributed by atoms with Crippen molar-refractivity contribution < 1.29 is 48.3 Å². The van der Waals surface area contributed by atoms with Crippen molar-refractivity contribution in [1.82, 2.24) is 0 Å². The standard InChI is InChI=1S/C49H74O10.9CH4/c1-11-44(8,39(52)57-35-30-17-33-34(18-30)37(50)56-36(33)35)43(6,7)23-45(9,40(53)58-46(10)31-13-27-12-28(15-31)16-32(46)14-27)42(4,5)22-41(2,3)38(51)59-49-21-29-19-47(54,25-49)24-48(55,20-29)26-49;;;;;;;;;/h27-36,54-55H,11-26H2,1-10H3;9*1H4. The number of carbonyl (C=O) groups is 4. The lowest BCUT2D eigenvalue weighted by atomic mass is 9.49. The Morgan fingerprint density at radius 1 is 0.618 bits per heavy atom. The fourth-order valence-electron chi connectivity index (χ4n) is 16.6. The first-order valence-electron chi connectivity index (χ1n) is 23.5. The second kappa shape index (κ2) is 20.4. The fraction of sp³-hybridized carbons (Fsp3) is 0.931. The van der Waals surface area contributed by atoms with E-state index in [-0.39, 0.29) is 120 Å². The van der Waals surface area contributed by atoms with Crippen molar-refractivity contribution in [3.63, 3.8) is 0 Å². The first kappa shape index (κ1) is 65.8. The maximum absolute atomic E-state index is 15.5. The highest BCUT2D eigenvalue weighted by molar-refractivity contribution is 5.81. The van der Waals surface area contributed by atoms with Crippen LogP contribution in [0.2, 0.25) is 0 Å². The third-order valence-corrected chi connectivity index (χ3v) is 19.8. The quantitative estimate of drug-likeness (QED) is 0.135. The molecule has 10 heteroatoms. The molecule has 68 heavy (non-hydrogen) atoms. The monoisotopic (exact) mass is 967 g/mol. The Labute approximate surface area is 418 Å². The van der Waals surface area contributed by atoms with Gasteiger partial charge in [0.05, 0.1) is 33.4 Å². The molecule has 0 aromatic rings. The molecule has 0 aromatic heterocycles. The van der Waals surface area contributed by atoms with Gasteiger partial charge in [-0.05, 0) is 159 Å². The molecular formula is C58H110O10. The van der Waals surface area contributed by atoms with E-state index < -0.39 is 55.6 Å². The molecule has 11 aliphatic rings. The summed E-state index contributed by atoms with van der Waals surface area (Å²) in [5.74, 6) is 1.16. The topological polar surface area (TPSA) is 146 Å². The number of rotatable bonds is 13. The molecule has 0 aromatic carbocycles. The van der Waals surface area contributed by atoms with Crippen LogP contribution >= 0.6 is 0 Å². The smallest absolute Gasteiger partial charge is 0.312 e. The maximum Gasteiger partial charge on any atom is 0.312 e. The largest absolute Gasteiger partial charge is 0.458 e. The molecule has 0 amide bonds. The Morgan fingerprint density at radius 3 is 1.60 bits per heavy atom. The van der Waals surface area contributed by atoms with Crippen LogP contribution in [-0.2, 0) is 38.1 Å². The Bertz CT molecular complexity index is 1750. The van der Waals surface area contributed by atoms with Gasteiger partial charge in [0.15, 0.2) is 0 Å². The summed E-state index contributed by atoms with van der Waals surface area (Å²) in [4.78, 5) is 57.3. The van der Waals surface area contributed by atoms with E-state index in [2.05, 4.69) is 34.6 Å². The minimum absolute atomic E-state index is 0. The van der Waals surface area contributed by atoms with Crippen LogP contribution in [-0.4, -0.2) is 68.7 Å². The average Bonchev–Trinajstić information content (AvgIpc) is 3.73. The van der Waals surface area contributed by atoms with Crippen LogP contribution in [0.4, 0.5) is 0 Å². The van der Waals surface area contributed by atoms with Gasteiger partial charge in [-0.2, -0.15) is 0 Å². The van der Waals surface area contributed by atoms with Crippen molar-refractivity contribution in [3.8, 4) is 0 Å². The van der Waals surface area contributed by atoms with Crippen molar-refractivity contribution in [2.75, 3.05) is 0 Å². The molecule has 10 bridgehead atoms. The summed E-state index contributed by atoms with van der Waals surface area (Å²) in [5, 5.41) is 22.9. The normalized spacial score (nSPS) is 39.8. The van der Waals surface area contributed by atoms with Gasteiger partial charge in [-0.3, -0.25) is 19.2 Å². The van der Waals surface area contributed by atoms with E-state index in [9.17, 15) is 24.6 Å². The second-order valence-electron chi connectivity index (χ2n) is 25.2. The van der Waals surface area contributed by atoms with Crippen LogP contribution in [0.15, 0.2) is 0 Å². The number of aliphatic hydroxyl groups is 2. The average molecular weight is 968 g/mol. The zero-order valence-corrected chi connectivity index (χ0v) is 37.7. The Morgan fingerprint density at radius 2 is 1.12 bits per heavy atom. The molecule has 10 saturated carbocycles. The molecule has 1 aliphatic heterocycles. The predicted octanol–water partition coefficient (Wildman–Crippen LogP) is 14.0. The second-order valence-corrected chi connectivity index (χ2v) is 25.2. The summed E-state index contributed by atoms with van der Waals surface area (Å²) in [5.41, 5.74) is -8.38. The molecule has 9 unspecified atom stereocenters. The van der Waals surface area contributed by atoms with E-state index in [1.165, 1.54) is 6.42 Å². The van der Waals surface area contributed by atoms with Crippen molar-refractivity contribution in [2.24, 2.45) is 74.4 Å². The number of ether oxygens (including phenoxy) is 4. The lowest BCUT2D eigenvalue weighted by molar-refractivity contribution is -0.265. The van der Waals surface area contributed by atoms with Gasteiger partial charge < -0.3 is 29.2 Å². The van der Waals surface area contributed by atoms with E-state index >= 15 is 4.79 Å². The van der Waals surface area contributed by atoms with E-state index in [0.29, 0.717) is 87.9 Å². The SMILES string of the molecule is C.C.C.C.C.C.C.C.C.CCC(C)(C(=O)OC1C2CC3C(=O)OC1C3C2)C(C)(C)CC(C)(C(=O)OC1(C)C2CC3CC(C2)CC1C3)C(C)(C)CC(C)(C)C(=O)OC12CC3CC(O)(CC(O)(C3)C1)C2. The van der Waals surface area contributed by atoms with Crippen molar-refractivity contribution in [3.05, 3.63) is 0 Å². The molecule has 10 aliphatic carbocycles. The predicted molar refractivity (Wildman–Crippen MR) is 279 cm³/mol. The third-order valence-electron chi connectivity index (χ3n) is 19.8. The molecule has 2 N–H and O–H groups in total. The third kappa shape index (κ3) is 9.85. The molecular weight excluding hydrogens is 857 g/mol. The van der Waals surface area contributed by atoms with E-state index in [1.807, 2.05) is 34.6 Å².